The number of nitrogens with zero attached hydrogens (tertiary/aromatic N) is 3. The van der Waals surface area contributed by atoms with E-state index in [0.29, 0.717) is 45.4 Å². The molecule has 1 heterocycles. The van der Waals surface area contributed by atoms with Gasteiger partial charge in [-0.1, -0.05) is 6.07 Å². The van der Waals surface area contributed by atoms with Crippen LogP contribution in [0.4, 0.5) is 0 Å². The largest absolute Gasteiger partial charge is 0.482 e. The molecule has 0 aliphatic carbocycles. The van der Waals surface area contributed by atoms with Gasteiger partial charge in [0.1, 0.15) is 11.5 Å². The molecule has 2 aromatic carbocycles. The van der Waals surface area contributed by atoms with Crippen molar-refractivity contribution in [2.45, 2.75) is 27.7 Å². The van der Waals surface area contributed by atoms with E-state index in [4.69, 9.17) is 18.9 Å². The predicted octanol–water partition coefficient (Wildman–Crippen LogP) is 3.27. The third-order valence-corrected chi connectivity index (χ3v) is 5.70. The van der Waals surface area contributed by atoms with Gasteiger partial charge in [0.25, 0.3) is 11.8 Å². The van der Waals surface area contributed by atoms with Gasteiger partial charge in [-0.25, -0.2) is 25.4 Å². The summed E-state index contributed by atoms with van der Waals surface area (Å²) in [4.78, 5) is 52.4. The fourth-order valence-electron chi connectivity index (χ4n) is 3.45. The summed E-state index contributed by atoms with van der Waals surface area (Å²) in [6.07, 6.45) is 0. The highest BCUT2D eigenvalue weighted by atomic mass is 16.6. The Hall–Kier alpha value is -5.59. The third-order valence-electron chi connectivity index (χ3n) is 5.70. The van der Waals surface area contributed by atoms with Crippen molar-refractivity contribution in [2.75, 3.05) is 26.4 Å². The SMILES string of the molecule is CCOC(=O)COc1ccc(C(=O)N/N=C(\C)c2cccc(/C(C)=N/NC(=O)c3ccc(OCC(=O)OCC)cc3)n2)cc1. The molecule has 0 saturated heterocycles. The highest BCUT2D eigenvalue weighted by molar-refractivity contribution is 6.02. The lowest BCUT2D eigenvalue weighted by atomic mass is 10.2. The first-order valence-corrected chi connectivity index (χ1v) is 13.6. The number of benzene rings is 2. The molecule has 0 saturated carbocycles. The average Bonchev–Trinajstić information content (AvgIpc) is 3.04. The first-order chi connectivity index (χ1) is 21.2. The van der Waals surface area contributed by atoms with Crippen LogP contribution in [0.25, 0.3) is 0 Å². The smallest absolute Gasteiger partial charge is 0.344 e. The van der Waals surface area contributed by atoms with Gasteiger partial charge in [-0.15, -0.1) is 0 Å². The predicted molar refractivity (Wildman–Crippen MR) is 161 cm³/mol. The molecule has 0 spiro atoms. The van der Waals surface area contributed by atoms with Gasteiger partial charge in [-0.3, -0.25) is 9.59 Å². The van der Waals surface area contributed by atoms with Crippen LogP contribution in [0.5, 0.6) is 11.5 Å². The van der Waals surface area contributed by atoms with E-state index in [1.54, 1.807) is 94.4 Å². The van der Waals surface area contributed by atoms with Crippen LogP contribution < -0.4 is 20.3 Å². The van der Waals surface area contributed by atoms with Crippen LogP contribution in [0, 0.1) is 0 Å². The van der Waals surface area contributed by atoms with E-state index in [9.17, 15) is 19.2 Å². The molecule has 2 N–H and O–H groups in total. The highest BCUT2D eigenvalue weighted by Gasteiger charge is 2.10. The minimum Gasteiger partial charge on any atom is -0.482 e. The van der Waals surface area contributed by atoms with E-state index < -0.39 is 23.8 Å². The molecule has 0 aliphatic heterocycles. The molecular weight excluding hydrogens is 570 g/mol. The lowest BCUT2D eigenvalue weighted by molar-refractivity contribution is -0.146. The molecule has 0 unspecified atom stereocenters. The Bertz CT molecular complexity index is 1410. The Balaban J connectivity index is 1.55. The van der Waals surface area contributed by atoms with Crippen LogP contribution >= 0.6 is 0 Å². The Morgan fingerprint density at radius 3 is 1.39 bits per heavy atom. The van der Waals surface area contributed by atoms with Gasteiger partial charge in [0.05, 0.1) is 36.0 Å². The lowest BCUT2D eigenvalue weighted by Crippen LogP contribution is -2.21. The van der Waals surface area contributed by atoms with Crippen molar-refractivity contribution in [3.63, 3.8) is 0 Å². The van der Waals surface area contributed by atoms with Crippen molar-refractivity contribution in [3.05, 3.63) is 89.2 Å². The first kappa shape index (κ1) is 32.9. The first-order valence-electron chi connectivity index (χ1n) is 13.6. The van der Waals surface area contributed by atoms with Crippen LogP contribution in [0.15, 0.2) is 76.9 Å². The van der Waals surface area contributed by atoms with Crippen LogP contribution in [0.1, 0.15) is 59.8 Å². The summed E-state index contributed by atoms with van der Waals surface area (Å²) in [5.74, 6) is -1.03. The molecular formula is C31H33N5O8. The summed E-state index contributed by atoms with van der Waals surface area (Å²) in [5.41, 5.74) is 7.52. The number of pyridine rings is 1. The number of aromatic nitrogens is 1. The van der Waals surface area contributed by atoms with Crippen LogP contribution in [0.3, 0.4) is 0 Å². The zero-order valence-corrected chi connectivity index (χ0v) is 24.8. The van der Waals surface area contributed by atoms with Crippen molar-refractivity contribution in [1.29, 1.82) is 0 Å². The van der Waals surface area contributed by atoms with Gasteiger partial charge in [0, 0.05) is 11.1 Å². The van der Waals surface area contributed by atoms with Gasteiger partial charge in [-0.2, -0.15) is 10.2 Å². The molecule has 3 rings (SSSR count). The molecule has 0 radical (unpaired) electrons. The number of ether oxygens (including phenoxy) is 4. The molecule has 1 aromatic heterocycles. The van der Waals surface area contributed by atoms with Crippen molar-refractivity contribution in [1.82, 2.24) is 15.8 Å². The number of hydrazone groups is 2. The number of amides is 2. The number of carbonyl (C=O) groups excluding carboxylic acids is 4. The van der Waals surface area contributed by atoms with Gasteiger partial charge >= 0.3 is 11.9 Å². The number of nitrogens with one attached hydrogen (secondary N) is 2. The van der Waals surface area contributed by atoms with Crippen molar-refractivity contribution >= 4 is 35.2 Å². The maximum atomic E-state index is 12.5. The summed E-state index contributed by atoms with van der Waals surface area (Å²) in [7, 11) is 0. The van der Waals surface area contributed by atoms with Gasteiger partial charge < -0.3 is 18.9 Å². The van der Waals surface area contributed by atoms with E-state index in [-0.39, 0.29) is 26.4 Å². The Morgan fingerprint density at radius 2 is 1.02 bits per heavy atom. The van der Waals surface area contributed by atoms with Crippen LogP contribution in [-0.2, 0) is 19.1 Å². The summed E-state index contributed by atoms with van der Waals surface area (Å²) in [5, 5.41) is 8.29. The molecule has 0 bridgehead atoms. The second kappa shape index (κ2) is 16.8. The highest BCUT2D eigenvalue weighted by Crippen LogP contribution is 2.14. The molecule has 13 heteroatoms. The standard InChI is InChI=1S/C31H33N5O8/c1-5-41-28(37)18-43-24-14-10-22(11-15-24)30(39)35-33-20(3)26-8-7-9-27(32-26)21(4)34-36-31(40)23-12-16-25(17-13-23)44-19-29(38)42-6-2/h7-17H,5-6,18-19H2,1-4H3,(H,35,39)(H,36,40)/b33-20+,34-21+. The maximum Gasteiger partial charge on any atom is 0.344 e. The van der Waals surface area contributed by atoms with E-state index >= 15 is 0 Å². The number of rotatable bonds is 14. The minimum absolute atomic E-state index is 0.226. The minimum atomic E-state index is -0.481. The number of hydrogen-bond acceptors (Lipinski definition) is 11. The summed E-state index contributed by atoms with van der Waals surface area (Å²) < 4.78 is 20.3. The average molecular weight is 604 g/mol. The fraction of sp³-hybridized carbons (Fsp3) is 0.258. The molecule has 0 aliphatic rings. The summed E-state index contributed by atoms with van der Waals surface area (Å²) >= 11 is 0. The van der Waals surface area contributed by atoms with Crippen LogP contribution in [0.2, 0.25) is 0 Å². The van der Waals surface area contributed by atoms with E-state index in [2.05, 4.69) is 26.0 Å². The zero-order chi connectivity index (χ0) is 31.9. The Morgan fingerprint density at radius 1 is 0.636 bits per heavy atom. The van der Waals surface area contributed by atoms with Gasteiger partial charge in [0.15, 0.2) is 13.2 Å². The van der Waals surface area contributed by atoms with Crippen molar-refractivity contribution in [3.8, 4) is 11.5 Å². The topological polar surface area (TPSA) is 167 Å². The van der Waals surface area contributed by atoms with Gasteiger partial charge in [-0.05, 0) is 88.4 Å². The third kappa shape index (κ3) is 10.4. The second-order valence-electron chi connectivity index (χ2n) is 8.92. The molecule has 13 nitrogen and oxygen atoms in total. The zero-order valence-electron chi connectivity index (χ0n) is 24.8. The van der Waals surface area contributed by atoms with Crippen molar-refractivity contribution < 1.29 is 38.1 Å². The monoisotopic (exact) mass is 603 g/mol. The van der Waals surface area contributed by atoms with Crippen LogP contribution in [-0.4, -0.2) is 66.6 Å². The fourth-order valence-corrected chi connectivity index (χ4v) is 3.45. The molecule has 0 fully saturated rings. The summed E-state index contributed by atoms with van der Waals surface area (Å²) in [6.45, 7) is 6.87. The molecule has 44 heavy (non-hydrogen) atoms. The number of esters is 2. The van der Waals surface area contributed by atoms with E-state index in [1.165, 1.54) is 0 Å². The summed E-state index contributed by atoms with van der Waals surface area (Å²) in [6, 6.07) is 17.6. The van der Waals surface area contributed by atoms with Gasteiger partial charge in [0.2, 0.25) is 0 Å². The molecule has 2 amide bonds. The van der Waals surface area contributed by atoms with E-state index in [1.807, 2.05) is 0 Å². The van der Waals surface area contributed by atoms with E-state index in [0.717, 1.165) is 0 Å². The normalized spacial score (nSPS) is 11.3. The molecule has 230 valence electrons. The lowest BCUT2D eigenvalue weighted by Gasteiger charge is -2.08. The van der Waals surface area contributed by atoms with Crippen molar-refractivity contribution in [2.24, 2.45) is 10.2 Å². The molecule has 3 aromatic rings. The Kier molecular flexibility index (Phi) is 12.5. The Labute approximate surface area is 254 Å². The number of carbonyl (C=O) groups is 4. The maximum absolute atomic E-state index is 12.5. The second-order valence-corrected chi connectivity index (χ2v) is 8.92. The quantitative estimate of drug-likeness (QED) is 0.160. The number of hydrogen-bond donors (Lipinski definition) is 2. The molecule has 0 atom stereocenters.